The normalized spacial score (nSPS) is 7.36. The molecule has 1 rings (SSSR count). The Morgan fingerprint density at radius 3 is 2.00 bits per heavy atom. The zero-order chi connectivity index (χ0) is 8.53. The van der Waals surface area contributed by atoms with Gasteiger partial charge in [-0.2, -0.15) is 0 Å². The molecule has 0 radical (unpaired) electrons. The average Bonchev–Trinajstić information content (AvgIpc) is 2.07. The Morgan fingerprint density at radius 2 is 1.82 bits per heavy atom. The van der Waals surface area contributed by atoms with Crippen molar-refractivity contribution in [2.45, 2.75) is 13.3 Å². The van der Waals surface area contributed by atoms with E-state index in [4.69, 9.17) is 6.42 Å². The van der Waals surface area contributed by atoms with E-state index >= 15 is 0 Å². The molecule has 0 heterocycles. The topological polar surface area (TPSA) is 0 Å². The highest BCUT2D eigenvalue weighted by Gasteiger charge is 1.74. The summed E-state index contributed by atoms with van der Waals surface area (Å²) in [4.78, 5) is 0. The molecule has 0 nitrogen and oxygen atoms in total. The first-order valence-electron chi connectivity index (χ1n) is 3.45. The van der Waals surface area contributed by atoms with Crippen LogP contribution < -0.4 is 0 Å². The summed E-state index contributed by atoms with van der Waals surface area (Å²) < 4.78 is 1.13. The quantitative estimate of drug-likeness (QED) is 0.576. The lowest BCUT2D eigenvalue weighted by molar-refractivity contribution is 1.28. The number of benzene rings is 1. The predicted molar refractivity (Wildman–Crippen MR) is 53.3 cm³/mol. The van der Waals surface area contributed by atoms with Crippen molar-refractivity contribution in [1.82, 2.24) is 0 Å². The van der Waals surface area contributed by atoms with Gasteiger partial charge in [0.25, 0.3) is 0 Å². The van der Waals surface area contributed by atoms with Crippen molar-refractivity contribution in [1.29, 1.82) is 0 Å². The van der Waals surface area contributed by atoms with Crippen LogP contribution in [-0.2, 0) is 0 Å². The fourth-order valence-corrected chi connectivity index (χ4v) is 0.720. The maximum absolute atomic E-state index is 4.78. The number of hydrogen-bond donors (Lipinski definition) is 0. The van der Waals surface area contributed by atoms with Crippen molar-refractivity contribution in [3.05, 3.63) is 34.8 Å². The van der Waals surface area contributed by atoms with Gasteiger partial charge in [-0.25, -0.2) is 0 Å². The first-order valence-corrected chi connectivity index (χ1v) is 4.24. The van der Waals surface area contributed by atoms with Crippen molar-refractivity contribution >= 4 is 15.9 Å². The monoisotopic (exact) mass is 210 g/mol. The number of rotatable bonds is 0. The minimum atomic E-state index is 0.847. The average molecular weight is 211 g/mol. The van der Waals surface area contributed by atoms with Crippen LogP contribution in [0.3, 0.4) is 0 Å². The van der Waals surface area contributed by atoms with Crippen LogP contribution in [0.25, 0.3) is 0 Å². The minimum Gasteiger partial charge on any atom is -0.120 e. The molecular formula is C10H11Br. The number of terminal acetylenes is 1. The van der Waals surface area contributed by atoms with Crippen LogP contribution in [0.2, 0.25) is 0 Å². The van der Waals surface area contributed by atoms with Gasteiger partial charge >= 0.3 is 0 Å². The van der Waals surface area contributed by atoms with E-state index in [0.29, 0.717) is 0 Å². The van der Waals surface area contributed by atoms with E-state index < -0.39 is 0 Å². The van der Waals surface area contributed by atoms with Gasteiger partial charge in [0.2, 0.25) is 0 Å². The largest absolute Gasteiger partial charge is 0.120 e. The molecule has 0 spiro atoms. The van der Waals surface area contributed by atoms with Crippen LogP contribution in [0.4, 0.5) is 0 Å². The molecule has 0 aliphatic carbocycles. The molecule has 0 atom stereocenters. The second-order valence-electron chi connectivity index (χ2n) is 1.85. The molecule has 0 bridgehead atoms. The zero-order valence-corrected chi connectivity index (χ0v) is 8.14. The third-order valence-corrected chi connectivity index (χ3v) is 1.47. The molecule has 0 N–H and O–H groups in total. The van der Waals surface area contributed by atoms with Crippen LogP contribution in [0, 0.1) is 12.3 Å². The van der Waals surface area contributed by atoms with Gasteiger partial charge in [-0.05, 0) is 12.1 Å². The van der Waals surface area contributed by atoms with Crippen LogP contribution in [0.15, 0.2) is 34.8 Å². The second-order valence-corrected chi connectivity index (χ2v) is 2.77. The van der Waals surface area contributed by atoms with Gasteiger partial charge in [0.1, 0.15) is 0 Å². The molecular weight excluding hydrogens is 200 g/mol. The maximum Gasteiger partial charge on any atom is 0.0175 e. The van der Waals surface area contributed by atoms with Crippen LogP contribution >= 0.6 is 15.9 Å². The Morgan fingerprint density at radius 1 is 1.36 bits per heavy atom. The lowest BCUT2D eigenvalue weighted by Gasteiger charge is -1.80. The van der Waals surface area contributed by atoms with Gasteiger partial charge < -0.3 is 0 Å². The van der Waals surface area contributed by atoms with E-state index in [1.165, 1.54) is 0 Å². The SMILES string of the molecule is Brc1ccccc1.C#CCC. The second kappa shape index (κ2) is 7.37. The van der Waals surface area contributed by atoms with Crippen molar-refractivity contribution < 1.29 is 0 Å². The molecule has 0 aliphatic rings. The molecule has 0 saturated carbocycles. The smallest absolute Gasteiger partial charge is 0.0175 e. The standard InChI is InChI=1S/C6H5Br.C4H6/c7-6-4-2-1-3-5-6;1-3-4-2/h1-5H;1H,4H2,2H3. The van der Waals surface area contributed by atoms with Gasteiger partial charge in [-0.15, -0.1) is 12.3 Å². The van der Waals surface area contributed by atoms with Gasteiger partial charge in [0.05, 0.1) is 0 Å². The zero-order valence-electron chi connectivity index (χ0n) is 6.55. The highest BCUT2D eigenvalue weighted by atomic mass is 79.9. The Hall–Kier alpha value is -0.740. The van der Waals surface area contributed by atoms with Crippen molar-refractivity contribution in [3.8, 4) is 12.3 Å². The summed E-state index contributed by atoms with van der Waals surface area (Å²) in [6.07, 6.45) is 5.62. The Labute approximate surface area is 76.8 Å². The van der Waals surface area contributed by atoms with E-state index in [1.807, 2.05) is 37.3 Å². The summed E-state index contributed by atoms with van der Waals surface area (Å²) in [6, 6.07) is 9.97. The third kappa shape index (κ3) is 7.15. The summed E-state index contributed by atoms with van der Waals surface area (Å²) in [5, 5.41) is 0. The maximum atomic E-state index is 4.78. The lowest BCUT2D eigenvalue weighted by Crippen LogP contribution is -1.55. The Bertz CT molecular complexity index is 208. The summed E-state index contributed by atoms with van der Waals surface area (Å²) in [7, 11) is 0. The molecule has 0 fully saturated rings. The van der Waals surface area contributed by atoms with Crippen molar-refractivity contribution in [2.75, 3.05) is 0 Å². The van der Waals surface area contributed by atoms with Gasteiger partial charge in [-0.1, -0.05) is 41.1 Å². The summed E-state index contributed by atoms with van der Waals surface area (Å²) in [5.41, 5.74) is 0. The first kappa shape index (κ1) is 10.3. The van der Waals surface area contributed by atoms with E-state index in [9.17, 15) is 0 Å². The Kier molecular flexibility index (Phi) is 6.87. The first-order chi connectivity index (χ1) is 5.31. The molecule has 1 heteroatoms. The molecule has 11 heavy (non-hydrogen) atoms. The van der Waals surface area contributed by atoms with Crippen molar-refractivity contribution in [3.63, 3.8) is 0 Å². The molecule has 1 aromatic carbocycles. The van der Waals surface area contributed by atoms with Crippen LogP contribution in [0.5, 0.6) is 0 Å². The lowest BCUT2D eigenvalue weighted by atomic mass is 10.4. The van der Waals surface area contributed by atoms with E-state index in [0.717, 1.165) is 10.9 Å². The van der Waals surface area contributed by atoms with Crippen LogP contribution in [0.1, 0.15) is 13.3 Å². The summed E-state index contributed by atoms with van der Waals surface area (Å²) in [6.45, 7) is 1.94. The molecule has 0 saturated heterocycles. The predicted octanol–water partition coefficient (Wildman–Crippen LogP) is 3.48. The third-order valence-electron chi connectivity index (χ3n) is 0.937. The summed E-state index contributed by atoms with van der Waals surface area (Å²) in [5.74, 6) is 2.43. The van der Waals surface area contributed by atoms with Gasteiger partial charge in [-0.3, -0.25) is 0 Å². The van der Waals surface area contributed by atoms with Gasteiger partial charge in [0, 0.05) is 10.9 Å². The number of hydrogen-bond acceptors (Lipinski definition) is 0. The highest BCUT2D eigenvalue weighted by molar-refractivity contribution is 9.10. The van der Waals surface area contributed by atoms with E-state index in [-0.39, 0.29) is 0 Å². The van der Waals surface area contributed by atoms with Crippen molar-refractivity contribution in [2.24, 2.45) is 0 Å². The molecule has 0 aromatic heterocycles. The molecule has 58 valence electrons. The number of halogens is 1. The van der Waals surface area contributed by atoms with Gasteiger partial charge in [0.15, 0.2) is 0 Å². The van der Waals surface area contributed by atoms with Crippen LogP contribution in [-0.4, -0.2) is 0 Å². The molecule has 0 unspecified atom stereocenters. The highest BCUT2D eigenvalue weighted by Crippen LogP contribution is 2.05. The molecule has 0 amide bonds. The van der Waals surface area contributed by atoms with E-state index in [1.54, 1.807) is 0 Å². The minimum absolute atomic E-state index is 0.847. The summed E-state index contributed by atoms with van der Waals surface area (Å²) >= 11 is 3.31. The molecule has 1 aromatic rings. The molecule has 0 aliphatic heterocycles. The Balaban J connectivity index is 0.000000218. The fraction of sp³-hybridized carbons (Fsp3) is 0.200. The fourth-order valence-electron chi connectivity index (χ4n) is 0.415. The van der Waals surface area contributed by atoms with E-state index in [2.05, 4.69) is 21.9 Å².